The second-order valence-electron chi connectivity index (χ2n) is 2.37. The van der Waals surface area contributed by atoms with Crippen LogP contribution in [0.2, 0.25) is 0 Å². The van der Waals surface area contributed by atoms with Crippen molar-refractivity contribution in [3.63, 3.8) is 0 Å². The van der Waals surface area contributed by atoms with Gasteiger partial charge < -0.3 is 4.74 Å². The summed E-state index contributed by atoms with van der Waals surface area (Å²) in [7, 11) is 3.07. The summed E-state index contributed by atoms with van der Waals surface area (Å²) in [5.41, 5.74) is 2.46. The lowest BCUT2D eigenvalue weighted by atomic mass is 10.3. The van der Waals surface area contributed by atoms with E-state index in [9.17, 15) is 0 Å². The monoisotopic (exact) mass is 259 g/mol. The van der Waals surface area contributed by atoms with Gasteiger partial charge in [0.05, 0.1) is 11.6 Å². The van der Waals surface area contributed by atoms with E-state index in [0.717, 1.165) is 4.47 Å². The van der Waals surface area contributed by atoms with Gasteiger partial charge in [0.15, 0.2) is 5.84 Å². The zero-order valence-corrected chi connectivity index (χ0v) is 9.37. The van der Waals surface area contributed by atoms with Crippen molar-refractivity contribution in [3.05, 3.63) is 22.3 Å². The van der Waals surface area contributed by atoms with Crippen LogP contribution < -0.4 is 10.2 Å². The Kier molecular flexibility index (Phi) is 3.84. The van der Waals surface area contributed by atoms with E-state index in [1.807, 2.05) is 5.48 Å². The molecule has 1 rings (SSSR count). The average molecular weight is 260 g/mol. The Morgan fingerprint density at radius 2 is 2.36 bits per heavy atom. The van der Waals surface area contributed by atoms with E-state index in [0.29, 0.717) is 11.6 Å². The maximum Gasteiger partial charge on any atom is 0.228 e. The predicted molar refractivity (Wildman–Crippen MR) is 55.9 cm³/mol. The normalized spacial score (nSPS) is 11.3. The van der Waals surface area contributed by atoms with Gasteiger partial charge >= 0.3 is 0 Å². The number of aromatic nitrogens is 1. The maximum absolute atomic E-state index is 8.74. The Morgan fingerprint density at radius 3 is 2.86 bits per heavy atom. The lowest BCUT2D eigenvalue weighted by Gasteiger charge is -2.06. The summed E-state index contributed by atoms with van der Waals surface area (Å²) in [6.45, 7) is 0. The van der Waals surface area contributed by atoms with Crippen molar-refractivity contribution < 1.29 is 9.94 Å². The van der Waals surface area contributed by atoms with Crippen LogP contribution >= 0.6 is 15.9 Å². The summed E-state index contributed by atoms with van der Waals surface area (Å²) in [6.07, 6.45) is 0. The van der Waals surface area contributed by atoms with Crippen LogP contribution in [0.15, 0.2) is 21.6 Å². The SMILES string of the molecule is CN=C(NO)c1ccc(Br)c(OC)n1. The number of nitrogens with zero attached hydrogens (tertiary/aromatic N) is 2. The van der Waals surface area contributed by atoms with E-state index in [1.165, 1.54) is 7.11 Å². The fourth-order valence-corrected chi connectivity index (χ4v) is 1.30. The van der Waals surface area contributed by atoms with E-state index >= 15 is 0 Å². The first-order chi connectivity index (χ1) is 6.72. The van der Waals surface area contributed by atoms with Crippen LogP contribution in [0.5, 0.6) is 5.88 Å². The number of hydrogen-bond acceptors (Lipinski definition) is 4. The minimum atomic E-state index is 0.288. The molecule has 2 N–H and O–H groups in total. The van der Waals surface area contributed by atoms with Gasteiger partial charge in [0.2, 0.25) is 5.88 Å². The van der Waals surface area contributed by atoms with Crippen LogP contribution in [0.1, 0.15) is 5.69 Å². The molecule has 0 bridgehead atoms. The molecular weight excluding hydrogens is 250 g/mol. The van der Waals surface area contributed by atoms with Crippen molar-refractivity contribution in [3.8, 4) is 5.88 Å². The molecule has 0 unspecified atom stereocenters. The quantitative estimate of drug-likeness (QED) is 0.476. The summed E-state index contributed by atoms with van der Waals surface area (Å²) in [5, 5.41) is 8.74. The summed E-state index contributed by atoms with van der Waals surface area (Å²) < 4.78 is 5.75. The molecule has 0 aliphatic carbocycles. The molecule has 5 nitrogen and oxygen atoms in total. The van der Waals surface area contributed by atoms with Gasteiger partial charge in [-0.05, 0) is 28.1 Å². The fourth-order valence-electron chi connectivity index (χ4n) is 0.920. The molecule has 0 fully saturated rings. The van der Waals surface area contributed by atoms with Crippen molar-refractivity contribution >= 4 is 21.8 Å². The van der Waals surface area contributed by atoms with Crippen molar-refractivity contribution in [2.75, 3.05) is 14.2 Å². The van der Waals surface area contributed by atoms with E-state index < -0.39 is 0 Å². The highest BCUT2D eigenvalue weighted by Crippen LogP contribution is 2.21. The standard InChI is InChI=1S/C8H10BrN3O2/c1-10-7(12-13)6-4-3-5(9)8(11-6)14-2/h3-4,13H,1-2H3,(H,10,12). The second-order valence-corrected chi connectivity index (χ2v) is 3.23. The summed E-state index contributed by atoms with van der Waals surface area (Å²) in [6, 6.07) is 3.47. The number of pyridine rings is 1. The van der Waals surface area contributed by atoms with E-state index in [2.05, 4.69) is 25.9 Å². The lowest BCUT2D eigenvalue weighted by Crippen LogP contribution is -2.21. The molecule has 0 aromatic carbocycles. The zero-order chi connectivity index (χ0) is 10.6. The lowest BCUT2D eigenvalue weighted by molar-refractivity contribution is 0.234. The highest BCUT2D eigenvalue weighted by molar-refractivity contribution is 9.10. The van der Waals surface area contributed by atoms with Gasteiger partial charge in [-0.1, -0.05) is 0 Å². The number of amidine groups is 1. The molecule has 0 spiro atoms. The van der Waals surface area contributed by atoms with Gasteiger partial charge in [0.25, 0.3) is 0 Å². The minimum absolute atomic E-state index is 0.288. The zero-order valence-electron chi connectivity index (χ0n) is 7.78. The Balaban J connectivity index is 3.12. The topological polar surface area (TPSA) is 66.7 Å². The Hall–Kier alpha value is -1.14. The van der Waals surface area contributed by atoms with Crippen molar-refractivity contribution in [1.82, 2.24) is 10.5 Å². The van der Waals surface area contributed by atoms with Crippen LogP contribution in [0.25, 0.3) is 0 Å². The number of ether oxygens (including phenoxy) is 1. The van der Waals surface area contributed by atoms with E-state index in [-0.39, 0.29) is 5.84 Å². The number of halogens is 1. The van der Waals surface area contributed by atoms with Gasteiger partial charge in [-0.15, -0.1) is 0 Å². The summed E-state index contributed by atoms with van der Waals surface area (Å²) >= 11 is 3.27. The Morgan fingerprint density at radius 1 is 1.64 bits per heavy atom. The smallest absolute Gasteiger partial charge is 0.228 e. The molecule has 1 aromatic rings. The number of rotatable bonds is 2. The molecule has 0 radical (unpaired) electrons. The largest absolute Gasteiger partial charge is 0.480 e. The number of methoxy groups -OCH3 is 1. The van der Waals surface area contributed by atoms with Crippen LogP contribution in [0.3, 0.4) is 0 Å². The molecule has 0 amide bonds. The van der Waals surface area contributed by atoms with Crippen molar-refractivity contribution in [2.24, 2.45) is 4.99 Å². The molecule has 1 aromatic heterocycles. The molecule has 6 heteroatoms. The van der Waals surface area contributed by atoms with Crippen molar-refractivity contribution in [2.45, 2.75) is 0 Å². The Labute approximate surface area is 89.9 Å². The third-order valence-electron chi connectivity index (χ3n) is 1.58. The number of hydrogen-bond donors (Lipinski definition) is 2. The van der Waals surface area contributed by atoms with Gasteiger partial charge in [0.1, 0.15) is 5.69 Å². The molecule has 0 aliphatic rings. The highest BCUT2D eigenvalue weighted by Gasteiger charge is 2.07. The first-order valence-electron chi connectivity index (χ1n) is 3.80. The van der Waals surface area contributed by atoms with Gasteiger partial charge in [0, 0.05) is 7.05 Å². The third kappa shape index (κ3) is 2.21. The molecule has 0 aliphatic heterocycles. The molecule has 1 heterocycles. The number of aliphatic imine (C=N–C) groups is 1. The maximum atomic E-state index is 8.74. The highest BCUT2D eigenvalue weighted by atomic mass is 79.9. The van der Waals surface area contributed by atoms with E-state index in [4.69, 9.17) is 9.94 Å². The van der Waals surface area contributed by atoms with Crippen LogP contribution in [-0.2, 0) is 0 Å². The molecule has 0 saturated heterocycles. The fraction of sp³-hybridized carbons (Fsp3) is 0.250. The molecule has 76 valence electrons. The first kappa shape index (κ1) is 10.9. The number of nitrogens with one attached hydrogen (secondary N) is 1. The molecule has 0 atom stereocenters. The summed E-state index contributed by atoms with van der Waals surface area (Å²) in [5.74, 6) is 0.731. The van der Waals surface area contributed by atoms with Gasteiger partial charge in [-0.2, -0.15) is 0 Å². The predicted octanol–water partition coefficient (Wildman–Crippen LogP) is 1.21. The van der Waals surface area contributed by atoms with Crippen LogP contribution in [0.4, 0.5) is 0 Å². The Bertz CT molecular complexity index is 354. The van der Waals surface area contributed by atoms with E-state index in [1.54, 1.807) is 19.2 Å². The van der Waals surface area contributed by atoms with Crippen LogP contribution in [-0.4, -0.2) is 30.2 Å². The second kappa shape index (κ2) is 4.92. The van der Waals surface area contributed by atoms with Crippen molar-refractivity contribution in [1.29, 1.82) is 0 Å². The first-order valence-corrected chi connectivity index (χ1v) is 4.60. The molecule has 0 saturated carbocycles. The third-order valence-corrected chi connectivity index (χ3v) is 2.18. The summed E-state index contributed by atoms with van der Waals surface area (Å²) in [4.78, 5) is 7.91. The van der Waals surface area contributed by atoms with Gasteiger partial charge in [-0.25, -0.2) is 4.98 Å². The molecular formula is C8H10BrN3O2. The van der Waals surface area contributed by atoms with Crippen LogP contribution in [0, 0.1) is 0 Å². The molecule has 14 heavy (non-hydrogen) atoms. The van der Waals surface area contributed by atoms with Gasteiger partial charge in [-0.3, -0.25) is 15.7 Å². The number of hydroxylamine groups is 1. The minimum Gasteiger partial charge on any atom is -0.480 e. The average Bonchev–Trinajstić information content (AvgIpc) is 2.22.